The highest BCUT2D eigenvalue weighted by atomic mass is 16.5. The molecule has 0 aromatic heterocycles. The fourth-order valence-electron chi connectivity index (χ4n) is 10.00. The first-order valence-corrected chi connectivity index (χ1v) is 34.7. The molecule has 0 radical (unpaired) electrons. The minimum Gasteiger partial charge on any atom is -0.466 e. The first-order chi connectivity index (χ1) is 40.8. The van der Waals surface area contributed by atoms with Crippen LogP contribution < -0.4 is 0 Å². The zero-order chi connectivity index (χ0) is 61.9. The van der Waals surface area contributed by atoms with Crippen LogP contribution in [0.25, 0.3) is 0 Å². The first kappa shape index (κ1) is 80.7. The summed E-state index contributed by atoms with van der Waals surface area (Å²) in [6, 6.07) is 0. The van der Waals surface area contributed by atoms with Gasteiger partial charge >= 0.3 is 23.9 Å². The van der Waals surface area contributed by atoms with Crippen molar-refractivity contribution in [2.45, 2.75) is 272 Å². The second-order valence-corrected chi connectivity index (χ2v) is 24.2. The summed E-state index contributed by atoms with van der Waals surface area (Å²) in [6.45, 7) is 17.0. The van der Waals surface area contributed by atoms with E-state index in [0.29, 0.717) is 105 Å². The second kappa shape index (κ2) is 60.0. The Labute approximate surface area is 515 Å². The molecule has 84 heavy (non-hydrogen) atoms. The third-order valence-corrected chi connectivity index (χ3v) is 16.2. The van der Waals surface area contributed by atoms with Crippen molar-refractivity contribution >= 4 is 35.7 Å². The molecule has 0 unspecified atom stereocenters. The first-order valence-electron chi connectivity index (χ1n) is 34.7. The maximum absolute atomic E-state index is 13.3. The molecule has 0 aliphatic carbocycles. The average Bonchev–Trinajstić information content (AvgIpc) is 3.50. The van der Waals surface area contributed by atoms with Gasteiger partial charge in [-0.1, -0.05) is 207 Å². The van der Waals surface area contributed by atoms with Crippen LogP contribution >= 0.6 is 0 Å². The van der Waals surface area contributed by atoms with E-state index in [0.717, 1.165) is 64.5 Å². The zero-order valence-electron chi connectivity index (χ0n) is 55.9. The highest BCUT2D eigenvalue weighted by molar-refractivity contribution is 5.76. The van der Waals surface area contributed by atoms with Crippen LogP contribution in [0.2, 0.25) is 0 Å². The van der Waals surface area contributed by atoms with Crippen molar-refractivity contribution in [2.24, 2.45) is 0 Å². The Bertz CT molecular complexity index is 1390. The average molecular weight is 1190 g/mol. The maximum Gasteiger partial charge on any atom is 0.307 e. The van der Waals surface area contributed by atoms with Gasteiger partial charge in [0, 0.05) is 105 Å². The molecule has 0 aromatic rings. The van der Waals surface area contributed by atoms with Crippen LogP contribution in [0.3, 0.4) is 0 Å². The van der Waals surface area contributed by atoms with Crippen molar-refractivity contribution in [1.82, 2.24) is 29.4 Å². The van der Waals surface area contributed by atoms with Crippen molar-refractivity contribution < 1.29 is 47.7 Å². The normalized spacial score (nSPS) is 11.5. The van der Waals surface area contributed by atoms with Crippen LogP contribution in [0.5, 0.6) is 0 Å². The lowest BCUT2D eigenvalue weighted by Crippen LogP contribution is -2.40. The zero-order valence-corrected chi connectivity index (χ0v) is 55.9. The molecule has 0 aliphatic heterocycles. The molecule has 0 N–H and O–H groups in total. The van der Waals surface area contributed by atoms with E-state index >= 15 is 0 Å². The molecule has 2 amide bonds. The quantitative estimate of drug-likeness (QED) is 0.0322. The van der Waals surface area contributed by atoms with Crippen molar-refractivity contribution in [3.63, 3.8) is 0 Å². The van der Waals surface area contributed by atoms with Gasteiger partial charge in [0.1, 0.15) is 0 Å². The molecule has 0 bridgehead atoms. The van der Waals surface area contributed by atoms with Crippen molar-refractivity contribution in [2.75, 3.05) is 133 Å². The minimum absolute atomic E-state index is 0.0277. The molecule has 16 heteroatoms. The summed E-state index contributed by atoms with van der Waals surface area (Å²) < 4.78 is 22.3. The molecule has 0 aliphatic rings. The van der Waals surface area contributed by atoms with E-state index in [-0.39, 0.29) is 61.4 Å². The van der Waals surface area contributed by atoms with Crippen LogP contribution in [-0.2, 0) is 47.7 Å². The minimum atomic E-state index is -0.233. The Hall–Kier alpha value is -3.34. The van der Waals surface area contributed by atoms with E-state index in [1.807, 2.05) is 28.2 Å². The molecule has 0 spiro atoms. The number of amides is 2. The summed E-state index contributed by atoms with van der Waals surface area (Å²) >= 11 is 0. The fourth-order valence-corrected chi connectivity index (χ4v) is 10.00. The van der Waals surface area contributed by atoms with Crippen LogP contribution in [0.15, 0.2) is 0 Å². The number of hydrogen-bond donors (Lipinski definition) is 0. The SMILES string of the molecule is CCCCCCCCCCOC(=O)CCN(CCC(=O)OCCCCCCCCCC)CCN(C)C(=O)CCN(C)CCN(C)CCC(=O)N(C)CCN(CCC(=O)OCCCCCCCCCC)CCC(=O)OCCCCCCCCCC. The summed E-state index contributed by atoms with van der Waals surface area (Å²) in [6.07, 6.45) is 39.4. The predicted molar refractivity (Wildman–Crippen MR) is 345 cm³/mol. The molecule has 0 atom stereocenters. The fraction of sp³-hybridized carbons (Fsp3) is 0.912. The second-order valence-electron chi connectivity index (χ2n) is 24.2. The van der Waals surface area contributed by atoms with Gasteiger partial charge in [-0.15, -0.1) is 0 Å². The molecule has 16 nitrogen and oxygen atoms in total. The maximum atomic E-state index is 13.3. The van der Waals surface area contributed by atoms with Crippen LogP contribution in [-0.4, -0.2) is 198 Å². The number of nitrogens with zero attached hydrogens (tertiary/aromatic N) is 6. The number of carbonyl (C=O) groups is 6. The third-order valence-electron chi connectivity index (χ3n) is 16.2. The van der Waals surface area contributed by atoms with Gasteiger partial charge in [-0.05, 0) is 39.8 Å². The van der Waals surface area contributed by atoms with Gasteiger partial charge in [0.15, 0.2) is 0 Å². The molecule has 0 saturated carbocycles. The van der Waals surface area contributed by atoms with E-state index < -0.39 is 0 Å². The lowest BCUT2D eigenvalue weighted by Gasteiger charge is -2.27. The summed E-state index contributed by atoms with van der Waals surface area (Å²) in [4.78, 5) is 89.6. The number of carbonyl (C=O) groups excluding carboxylic acids is 6. The van der Waals surface area contributed by atoms with E-state index in [2.05, 4.69) is 47.3 Å². The lowest BCUT2D eigenvalue weighted by atomic mass is 10.1. The monoisotopic (exact) mass is 1190 g/mol. The van der Waals surface area contributed by atoms with E-state index in [9.17, 15) is 28.8 Å². The molecular formula is C68H132N6O10. The number of rotatable bonds is 63. The van der Waals surface area contributed by atoms with Crippen LogP contribution in [0, 0.1) is 0 Å². The van der Waals surface area contributed by atoms with Gasteiger partial charge in [0.25, 0.3) is 0 Å². The topological polar surface area (TPSA) is 159 Å². The Kier molecular flexibility index (Phi) is 57.6. The number of hydrogen-bond acceptors (Lipinski definition) is 14. The van der Waals surface area contributed by atoms with Crippen LogP contribution in [0.4, 0.5) is 0 Å². The Morgan fingerprint density at radius 2 is 0.452 bits per heavy atom. The van der Waals surface area contributed by atoms with Crippen LogP contribution in [0.1, 0.15) is 272 Å². The summed E-state index contributed by atoms with van der Waals surface area (Å²) in [5.41, 5.74) is 0. The Balaban J connectivity index is 5.00. The van der Waals surface area contributed by atoms with Crippen molar-refractivity contribution in [1.29, 1.82) is 0 Å². The lowest BCUT2D eigenvalue weighted by molar-refractivity contribution is -0.146. The molecule has 0 heterocycles. The Morgan fingerprint density at radius 3 is 0.679 bits per heavy atom. The molecule has 0 saturated heterocycles. The Morgan fingerprint density at radius 1 is 0.238 bits per heavy atom. The standard InChI is InChI=1S/C68H132N6O10/c1-9-13-17-21-25-29-33-37-59-81-65(77)43-49-73(50-44-66(78)82-60-38-34-30-26-22-18-14-10-2)57-55-71(7)63(75)41-47-69(5)53-54-70(6)48-42-64(76)72(8)56-58-74(51-45-67(79)83-61-39-35-31-27-23-19-15-11-3)52-46-68(80)84-62-40-36-32-28-24-20-16-12-4/h9-62H2,1-8H3. The molecular weight excluding hydrogens is 1060 g/mol. The summed E-state index contributed by atoms with van der Waals surface area (Å²) in [5.74, 6) is -0.876. The number of ether oxygens (including phenoxy) is 4. The van der Waals surface area contributed by atoms with Gasteiger partial charge < -0.3 is 48.3 Å². The van der Waals surface area contributed by atoms with Gasteiger partial charge in [-0.25, -0.2) is 0 Å². The van der Waals surface area contributed by atoms with Gasteiger partial charge in [-0.2, -0.15) is 0 Å². The highest BCUT2D eigenvalue weighted by Gasteiger charge is 2.19. The van der Waals surface area contributed by atoms with Gasteiger partial charge in [0.05, 0.1) is 52.1 Å². The molecule has 0 rings (SSSR count). The summed E-state index contributed by atoms with van der Waals surface area (Å²) in [5, 5.41) is 0. The third kappa shape index (κ3) is 54.1. The predicted octanol–water partition coefficient (Wildman–Crippen LogP) is 13.4. The number of likely N-dealkylation sites (N-methyl/N-ethyl adjacent to an activating group) is 4. The van der Waals surface area contributed by atoms with Crippen molar-refractivity contribution in [3.8, 4) is 0 Å². The van der Waals surface area contributed by atoms with E-state index in [1.165, 1.54) is 154 Å². The largest absolute Gasteiger partial charge is 0.466 e. The van der Waals surface area contributed by atoms with E-state index in [4.69, 9.17) is 18.9 Å². The van der Waals surface area contributed by atoms with Crippen molar-refractivity contribution in [3.05, 3.63) is 0 Å². The van der Waals surface area contributed by atoms with Gasteiger partial charge in [0.2, 0.25) is 11.8 Å². The molecule has 494 valence electrons. The number of unbranched alkanes of at least 4 members (excludes halogenated alkanes) is 28. The highest BCUT2D eigenvalue weighted by Crippen LogP contribution is 2.13. The number of esters is 4. The smallest absolute Gasteiger partial charge is 0.307 e. The molecule has 0 fully saturated rings. The van der Waals surface area contributed by atoms with E-state index in [1.54, 1.807) is 9.80 Å². The molecule has 0 aromatic carbocycles. The van der Waals surface area contributed by atoms with Gasteiger partial charge in [-0.3, -0.25) is 28.8 Å². The summed E-state index contributed by atoms with van der Waals surface area (Å²) in [7, 11) is 7.62.